The van der Waals surface area contributed by atoms with Crippen molar-refractivity contribution in [3.8, 4) is 0 Å². The quantitative estimate of drug-likeness (QED) is 0.624. The van der Waals surface area contributed by atoms with Crippen LogP contribution in [0.15, 0.2) is 15.5 Å². The van der Waals surface area contributed by atoms with Crippen molar-refractivity contribution in [3.63, 3.8) is 0 Å². The van der Waals surface area contributed by atoms with Crippen LogP contribution in [0.1, 0.15) is 47.9 Å². The Morgan fingerprint density at radius 1 is 1.32 bits per heavy atom. The Morgan fingerprint density at radius 2 is 2.04 bits per heavy atom. The molecule has 1 atom stereocenters. The fraction of sp³-hybridized carbons (Fsp3) is 0.579. The van der Waals surface area contributed by atoms with Gasteiger partial charge in [0.15, 0.2) is 5.96 Å². The zero-order valence-corrected chi connectivity index (χ0v) is 16.5. The Hall–Kier alpha value is -2.24. The molecule has 0 bridgehead atoms. The first-order chi connectivity index (χ1) is 11.8. The van der Waals surface area contributed by atoms with Gasteiger partial charge in [-0.1, -0.05) is 0 Å². The summed E-state index contributed by atoms with van der Waals surface area (Å²) in [5.41, 5.74) is 4.75. The fourth-order valence-corrected chi connectivity index (χ4v) is 3.03. The van der Waals surface area contributed by atoms with Gasteiger partial charge in [-0.15, -0.1) is 0 Å². The second kappa shape index (κ2) is 8.23. The second-order valence-corrected chi connectivity index (χ2v) is 6.66. The lowest BCUT2D eigenvalue weighted by molar-refractivity contribution is 0.501. The minimum atomic E-state index is 0.256. The van der Waals surface area contributed by atoms with Gasteiger partial charge in [0.1, 0.15) is 11.5 Å². The molecule has 2 N–H and O–H groups in total. The van der Waals surface area contributed by atoms with Gasteiger partial charge in [-0.25, -0.2) is 4.99 Å². The number of hydrogen-bond acceptors (Lipinski definition) is 3. The predicted molar refractivity (Wildman–Crippen MR) is 102 cm³/mol. The molecule has 0 aliphatic heterocycles. The molecule has 25 heavy (non-hydrogen) atoms. The van der Waals surface area contributed by atoms with Gasteiger partial charge in [0.2, 0.25) is 0 Å². The summed E-state index contributed by atoms with van der Waals surface area (Å²) in [5.74, 6) is 2.69. The third-order valence-corrected chi connectivity index (χ3v) is 4.45. The van der Waals surface area contributed by atoms with E-state index in [4.69, 9.17) is 9.41 Å². The zero-order valence-electron chi connectivity index (χ0n) is 16.5. The van der Waals surface area contributed by atoms with Gasteiger partial charge in [0.25, 0.3) is 0 Å². The summed E-state index contributed by atoms with van der Waals surface area (Å²) >= 11 is 0. The first-order valence-corrected chi connectivity index (χ1v) is 8.91. The Morgan fingerprint density at radius 3 is 2.56 bits per heavy atom. The highest BCUT2D eigenvalue weighted by molar-refractivity contribution is 5.80. The SMILES string of the molecule is CCNC(=NCc1cc(C)oc1C)NC(C)Cc1c(C)nn(C)c1C. The van der Waals surface area contributed by atoms with E-state index in [2.05, 4.69) is 43.4 Å². The molecule has 0 aromatic carbocycles. The number of hydrogen-bond donors (Lipinski definition) is 2. The molecule has 0 amide bonds. The zero-order chi connectivity index (χ0) is 18.6. The summed E-state index contributed by atoms with van der Waals surface area (Å²) in [6.45, 7) is 13.8. The molecule has 1 unspecified atom stereocenters. The van der Waals surface area contributed by atoms with Crippen LogP contribution in [0.3, 0.4) is 0 Å². The van der Waals surface area contributed by atoms with Crippen LogP contribution in [-0.4, -0.2) is 28.3 Å². The molecule has 6 nitrogen and oxygen atoms in total. The second-order valence-electron chi connectivity index (χ2n) is 6.66. The van der Waals surface area contributed by atoms with Crippen LogP contribution in [0.2, 0.25) is 0 Å². The smallest absolute Gasteiger partial charge is 0.191 e. The van der Waals surface area contributed by atoms with E-state index in [1.165, 1.54) is 11.3 Å². The average Bonchev–Trinajstić information content (AvgIpc) is 2.98. The lowest BCUT2D eigenvalue weighted by Crippen LogP contribution is -2.43. The van der Waals surface area contributed by atoms with Gasteiger partial charge in [0.05, 0.1) is 12.2 Å². The van der Waals surface area contributed by atoms with Gasteiger partial charge in [0, 0.05) is 30.9 Å². The highest BCUT2D eigenvalue weighted by Crippen LogP contribution is 2.15. The molecule has 6 heteroatoms. The molecule has 138 valence electrons. The molecular weight excluding hydrogens is 314 g/mol. The Bertz CT molecular complexity index is 741. The van der Waals surface area contributed by atoms with Crippen molar-refractivity contribution < 1.29 is 4.42 Å². The standard InChI is InChI=1S/C19H31N5O/c1-8-20-19(21-11-17-10-13(3)25-16(17)6)22-12(2)9-18-14(4)23-24(7)15(18)5/h10,12H,8-9,11H2,1-7H3,(H2,20,21,22). The van der Waals surface area contributed by atoms with Crippen LogP contribution < -0.4 is 10.6 Å². The van der Waals surface area contributed by atoms with E-state index in [-0.39, 0.29) is 6.04 Å². The van der Waals surface area contributed by atoms with E-state index in [0.29, 0.717) is 6.54 Å². The summed E-state index contributed by atoms with van der Waals surface area (Å²) in [7, 11) is 1.99. The van der Waals surface area contributed by atoms with Crippen LogP contribution in [0, 0.1) is 27.7 Å². The van der Waals surface area contributed by atoms with Crippen molar-refractivity contribution in [2.24, 2.45) is 12.0 Å². The Kier molecular flexibility index (Phi) is 6.28. The minimum absolute atomic E-state index is 0.256. The normalized spacial score (nSPS) is 13.2. The van der Waals surface area contributed by atoms with Crippen molar-refractivity contribution in [2.75, 3.05) is 6.54 Å². The highest BCUT2D eigenvalue weighted by Gasteiger charge is 2.14. The van der Waals surface area contributed by atoms with Crippen LogP contribution >= 0.6 is 0 Å². The molecule has 0 aliphatic carbocycles. The van der Waals surface area contributed by atoms with E-state index in [1.54, 1.807) is 0 Å². The van der Waals surface area contributed by atoms with Crippen LogP contribution in [-0.2, 0) is 20.0 Å². The third kappa shape index (κ3) is 4.87. The van der Waals surface area contributed by atoms with E-state index < -0.39 is 0 Å². The molecule has 2 rings (SSSR count). The maximum absolute atomic E-state index is 5.58. The molecule has 2 heterocycles. The minimum Gasteiger partial charge on any atom is -0.466 e. The van der Waals surface area contributed by atoms with Crippen molar-refractivity contribution in [2.45, 2.75) is 60.5 Å². The van der Waals surface area contributed by atoms with E-state index >= 15 is 0 Å². The molecular formula is C19H31N5O. The first kappa shape index (κ1) is 19.1. The van der Waals surface area contributed by atoms with E-state index in [0.717, 1.165) is 41.7 Å². The van der Waals surface area contributed by atoms with Crippen molar-refractivity contribution in [1.82, 2.24) is 20.4 Å². The third-order valence-electron chi connectivity index (χ3n) is 4.45. The number of aromatic nitrogens is 2. The lowest BCUT2D eigenvalue weighted by Gasteiger charge is -2.18. The first-order valence-electron chi connectivity index (χ1n) is 8.91. The highest BCUT2D eigenvalue weighted by atomic mass is 16.3. The molecule has 0 saturated heterocycles. The summed E-state index contributed by atoms with van der Waals surface area (Å²) < 4.78 is 7.52. The predicted octanol–water partition coefficient (Wildman–Crippen LogP) is 2.93. The van der Waals surface area contributed by atoms with E-state index in [1.807, 2.05) is 31.6 Å². The topological polar surface area (TPSA) is 67.4 Å². The fourth-order valence-electron chi connectivity index (χ4n) is 3.03. The van der Waals surface area contributed by atoms with Gasteiger partial charge in [-0.3, -0.25) is 4.68 Å². The number of aryl methyl sites for hydroxylation is 4. The maximum atomic E-state index is 5.58. The van der Waals surface area contributed by atoms with Gasteiger partial charge in [-0.2, -0.15) is 5.10 Å². The molecule has 0 radical (unpaired) electrons. The molecule has 2 aromatic heterocycles. The number of guanidine groups is 1. The number of nitrogens with one attached hydrogen (secondary N) is 2. The van der Waals surface area contributed by atoms with Crippen LogP contribution in [0.4, 0.5) is 0 Å². The van der Waals surface area contributed by atoms with Crippen LogP contribution in [0.5, 0.6) is 0 Å². The molecule has 0 spiro atoms. The molecule has 0 aliphatic rings. The number of aliphatic imine (C=N–C) groups is 1. The Balaban J connectivity index is 2.04. The van der Waals surface area contributed by atoms with Gasteiger partial charge in [-0.05, 0) is 59.6 Å². The van der Waals surface area contributed by atoms with Gasteiger partial charge >= 0.3 is 0 Å². The Labute approximate surface area is 150 Å². The lowest BCUT2D eigenvalue weighted by atomic mass is 10.1. The summed E-state index contributed by atoms with van der Waals surface area (Å²) in [5, 5.41) is 11.3. The summed E-state index contributed by atoms with van der Waals surface area (Å²) in [6, 6.07) is 2.31. The van der Waals surface area contributed by atoms with Crippen molar-refractivity contribution >= 4 is 5.96 Å². The average molecular weight is 345 g/mol. The summed E-state index contributed by atoms with van der Waals surface area (Å²) in [6.07, 6.45) is 0.916. The monoisotopic (exact) mass is 345 g/mol. The molecule has 2 aromatic rings. The largest absolute Gasteiger partial charge is 0.466 e. The van der Waals surface area contributed by atoms with Crippen molar-refractivity contribution in [1.29, 1.82) is 0 Å². The number of furan rings is 1. The van der Waals surface area contributed by atoms with Crippen molar-refractivity contribution in [3.05, 3.63) is 40.1 Å². The van der Waals surface area contributed by atoms with Gasteiger partial charge < -0.3 is 15.1 Å². The molecule has 0 saturated carbocycles. The number of nitrogens with zero attached hydrogens (tertiary/aromatic N) is 3. The molecule has 0 fully saturated rings. The van der Waals surface area contributed by atoms with E-state index in [9.17, 15) is 0 Å². The van der Waals surface area contributed by atoms with Crippen LogP contribution in [0.25, 0.3) is 0 Å². The maximum Gasteiger partial charge on any atom is 0.191 e. The number of rotatable bonds is 6. The summed E-state index contributed by atoms with van der Waals surface area (Å²) in [4.78, 5) is 4.70.